The SMILES string of the molecule is COC(=O)CC(C(=O)OC)c1cccc(C(F)(F)F)c1. The molecule has 1 aromatic rings. The predicted molar refractivity (Wildman–Crippen MR) is 62.8 cm³/mol. The largest absolute Gasteiger partial charge is 0.469 e. The molecule has 1 unspecified atom stereocenters. The van der Waals surface area contributed by atoms with Crippen LogP contribution in [0.3, 0.4) is 0 Å². The Morgan fingerprint density at radius 3 is 2.35 bits per heavy atom. The molecule has 0 aliphatic carbocycles. The van der Waals surface area contributed by atoms with E-state index in [0.29, 0.717) is 0 Å². The van der Waals surface area contributed by atoms with Crippen LogP contribution in [0, 0.1) is 0 Å². The van der Waals surface area contributed by atoms with Crippen LogP contribution in [0.5, 0.6) is 0 Å². The van der Waals surface area contributed by atoms with Crippen molar-refractivity contribution in [3.8, 4) is 0 Å². The van der Waals surface area contributed by atoms with E-state index in [0.717, 1.165) is 26.4 Å². The molecule has 0 heterocycles. The molecule has 1 atom stereocenters. The van der Waals surface area contributed by atoms with Crippen molar-refractivity contribution in [2.24, 2.45) is 0 Å². The summed E-state index contributed by atoms with van der Waals surface area (Å²) in [5, 5.41) is 0. The fourth-order valence-electron chi connectivity index (χ4n) is 1.66. The molecule has 0 radical (unpaired) electrons. The number of carbonyl (C=O) groups is 2. The molecular weight excluding hydrogens is 277 g/mol. The van der Waals surface area contributed by atoms with E-state index in [2.05, 4.69) is 9.47 Å². The summed E-state index contributed by atoms with van der Waals surface area (Å²) in [4.78, 5) is 22.9. The first-order valence-corrected chi connectivity index (χ1v) is 5.61. The maximum Gasteiger partial charge on any atom is 0.416 e. The Balaban J connectivity index is 3.14. The Bertz CT molecular complexity index is 497. The van der Waals surface area contributed by atoms with Gasteiger partial charge in [-0.3, -0.25) is 9.59 Å². The average molecular weight is 290 g/mol. The lowest BCUT2D eigenvalue weighted by Gasteiger charge is -2.15. The van der Waals surface area contributed by atoms with Crippen molar-refractivity contribution < 1.29 is 32.2 Å². The van der Waals surface area contributed by atoms with Crippen LogP contribution in [0.15, 0.2) is 24.3 Å². The Morgan fingerprint density at radius 1 is 1.20 bits per heavy atom. The van der Waals surface area contributed by atoms with Crippen LogP contribution in [0.1, 0.15) is 23.5 Å². The molecule has 0 N–H and O–H groups in total. The molecule has 0 aliphatic rings. The Kier molecular flexibility index (Phi) is 5.12. The molecule has 0 fully saturated rings. The highest BCUT2D eigenvalue weighted by atomic mass is 19.4. The van der Waals surface area contributed by atoms with Gasteiger partial charge in [0.2, 0.25) is 0 Å². The van der Waals surface area contributed by atoms with Gasteiger partial charge in [0.05, 0.1) is 32.1 Å². The monoisotopic (exact) mass is 290 g/mol. The van der Waals surface area contributed by atoms with Crippen molar-refractivity contribution in [2.75, 3.05) is 14.2 Å². The highest BCUT2D eigenvalue weighted by Crippen LogP contribution is 2.32. The summed E-state index contributed by atoms with van der Waals surface area (Å²) in [6, 6.07) is 4.21. The summed E-state index contributed by atoms with van der Waals surface area (Å²) in [5.41, 5.74) is -0.842. The summed E-state index contributed by atoms with van der Waals surface area (Å²) in [6.45, 7) is 0. The number of esters is 2. The van der Waals surface area contributed by atoms with Crippen molar-refractivity contribution in [1.82, 2.24) is 0 Å². The highest BCUT2D eigenvalue weighted by molar-refractivity contribution is 5.84. The maximum absolute atomic E-state index is 12.6. The lowest BCUT2D eigenvalue weighted by Crippen LogP contribution is -2.19. The number of alkyl halides is 3. The van der Waals surface area contributed by atoms with Gasteiger partial charge in [-0.1, -0.05) is 18.2 Å². The van der Waals surface area contributed by atoms with Crippen LogP contribution < -0.4 is 0 Å². The molecule has 0 amide bonds. The molecule has 0 bridgehead atoms. The van der Waals surface area contributed by atoms with Crippen molar-refractivity contribution in [3.05, 3.63) is 35.4 Å². The fraction of sp³-hybridized carbons (Fsp3) is 0.385. The second kappa shape index (κ2) is 6.40. The summed E-state index contributed by atoms with van der Waals surface area (Å²) in [5.74, 6) is -2.64. The van der Waals surface area contributed by atoms with Crippen LogP contribution >= 0.6 is 0 Å². The van der Waals surface area contributed by atoms with Crippen LogP contribution in [0.2, 0.25) is 0 Å². The molecule has 0 saturated carbocycles. The van der Waals surface area contributed by atoms with Gasteiger partial charge in [0.25, 0.3) is 0 Å². The van der Waals surface area contributed by atoms with Crippen LogP contribution in [0.25, 0.3) is 0 Å². The van der Waals surface area contributed by atoms with Gasteiger partial charge in [-0.05, 0) is 11.6 Å². The minimum atomic E-state index is -4.53. The van der Waals surface area contributed by atoms with E-state index in [1.807, 2.05) is 0 Å². The first-order chi connectivity index (χ1) is 9.29. The molecule has 0 saturated heterocycles. The summed E-state index contributed by atoms with van der Waals surface area (Å²) >= 11 is 0. The molecule has 7 heteroatoms. The van der Waals surface area contributed by atoms with Gasteiger partial charge in [0, 0.05) is 0 Å². The molecule has 20 heavy (non-hydrogen) atoms. The molecule has 0 aliphatic heterocycles. The molecule has 1 rings (SSSR count). The van der Waals surface area contributed by atoms with E-state index >= 15 is 0 Å². The Morgan fingerprint density at radius 2 is 1.85 bits per heavy atom. The van der Waals surface area contributed by atoms with Gasteiger partial charge >= 0.3 is 18.1 Å². The number of hydrogen-bond acceptors (Lipinski definition) is 4. The van der Waals surface area contributed by atoms with Gasteiger partial charge in [-0.2, -0.15) is 13.2 Å². The summed E-state index contributed by atoms with van der Waals surface area (Å²) in [6.07, 6.45) is -4.91. The minimum absolute atomic E-state index is 0.0528. The number of halogens is 3. The van der Waals surface area contributed by atoms with Gasteiger partial charge < -0.3 is 9.47 Å². The Hall–Kier alpha value is -2.05. The Labute approximate surface area is 113 Å². The van der Waals surface area contributed by atoms with Gasteiger partial charge in [-0.25, -0.2) is 0 Å². The van der Waals surface area contributed by atoms with E-state index in [9.17, 15) is 22.8 Å². The van der Waals surface area contributed by atoms with Crippen molar-refractivity contribution in [3.63, 3.8) is 0 Å². The third-order valence-electron chi connectivity index (χ3n) is 2.70. The molecule has 0 spiro atoms. The van der Waals surface area contributed by atoms with Gasteiger partial charge in [-0.15, -0.1) is 0 Å². The van der Waals surface area contributed by atoms with E-state index < -0.39 is 29.6 Å². The summed E-state index contributed by atoms with van der Waals surface area (Å²) in [7, 11) is 2.23. The topological polar surface area (TPSA) is 52.6 Å². The van der Waals surface area contributed by atoms with E-state index in [1.54, 1.807) is 0 Å². The minimum Gasteiger partial charge on any atom is -0.469 e. The molecular formula is C13H13F3O4. The van der Waals surface area contributed by atoms with Crippen LogP contribution in [-0.2, 0) is 25.2 Å². The highest BCUT2D eigenvalue weighted by Gasteiger charge is 2.32. The number of benzene rings is 1. The quantitative estimate of drug-likeness (QED) is 0.800. The van der Waals surface area contributed by atoms with E-state index in [4.69, 9.17) is 0 Å². The number of carbonyl (C=O) groups excluding carboxylic acids is 2. The van der Waals surface area contributed by atoms with Crippen molar-refractivity contribution in [1.29, 1.82) is 0 Å². The zero-order valence-corrected chi connectivity index (χ0v) is 10.9. The lowest BCUT2D eigenvalue weighted by molar-refractivity contribution is -0.149. The summed E-state index contributed by atoms with van der Waals surface area (Å²) < 4.78 is 46.8. The zero-order valence-electron chi connectivity index (χ0n) is 10.9. The maximum atomic E-state index is 12.6. The lowest BCUT2D eigenvalue weighted by atomic mass is 9.94. The standard InChI is InChI=1S/C13H13F3O4/c1-19-11(17)7-10(12(18)20-2)8-4-3-5-9(6-8)13(14,15)16/h3-6,10H,7H2,1-2H3. The molecule has 110 valence electrons. The fourth-order valence-corrected chi connectivity index (χ4v) is 1.66. The third kappa shape index (κ3) is 3.97. The number of methoxy groups -OCH3 is 2. The van der Waals surface area contributed by atoms with Crippen LogP contribution in [-0.4, -0.2) is 26.2 Å². The number of rotatable bonds is 4. The first-order valence-electron chi connectivity index (χ1n) is 5.61. The second-order valence-corrected chi connectivity index (χ2v) is 3.98. The average Bonchev–Trinajstić information content (AvgIpc) is 2.42. The normalized spacial score (nSPS) is 12.7. The van der Waals surface area contributed by atoms with Gasteiger partial charge in [0.15, 0.2) is 0 Å². The van der Waals surface area contributed by atoms with Crippen molar-refractivity contribution in [2.45, 2.75) is 18.5 Å². The second-order valence-electron chi connectivity index (χ2n) is 3.98. The number of hydrogen-bond donors (Lipinski definition) is 0. The van der Waals surface area contributed by atoms with Crippen LogP contribution in [0.4, 0.5) is 13.2 Å². The molecule has 1 aromatic carbocycles. The molecule has 4 nitrogen and oxygen atoms in total. The van der Waals surface area contributed by atoms with Gasteiger partial charge in [0.1, 0.15) is 0 Å². The molecule has 0 aromatic heterocycles. The zero-order chi connectivity index (χ0) is 15.3. The number of ether oxygens (including phenoxy) is 2. The predicted octanol–water partition coefficient (Wildman–Crippen LogP) is 2.53. The smallest absolute Gasteiger partial charge is 0.416 e. The van der Waals surface area contributed by atoms with E-state index in [-0.39, 0.29) is 12.0 Å². The van der Waals surface area contributed by atoms with Crippen molar-refractivity contribution >= 4 is 11.9 Å². The third-order valence-corrected chi connectivity index (χ3v) is 2.70. The van der Waals surface area contributed by atoms with E-state index in [1.165, 1.54) is 12.1 Å². The first kappa shape index (κ1) is 16.0.